The number of nitrogens with zero attached hydrogens (tertiary/aromatic N) is 3. The predicted octanol–water partition coefficient (Wildman–Crippen LogP) is 1.76. The molecular weight excluding hydrogens is 274 g/mol. The van der Waals surface area contributed by atoms with E-state index in [4.69, 9.17) is 4.74 Å². The Morgan fingerprint density at radius 2 is 1.73 bits per heavy atom. The van der Waals surface area contributed by atoms with Crippen LogP contribution in [0.25, 0.3) is 0 Å². The Balaban J connectivity index is 1.51. The van der Waals surface area contributed by atoms with Crippen molar-refractivity contribution in [2.45, 2.75) is 44.7 Å². The van der Waals surface area contributed by atoms with Gasteiger partial charge >= 0.3 is 0 Å². The largest absolute Gasteiger partial charge is 0.383 e. The molecule has 1 saturated carbocycles. The molecular formula is C18H35N3O. The zero-order valence-corrected chi connectivity index (χ0v) is 14.8. The van der Waals surface area contributed by atoms with E-state index in [1.54, 1.807) is 0 Å². The maximum Gasteiger partial charge on any atom is 0.0630 e. The quantitative estimate of drug-likeness (QED) is 0.770. The summed E-state index contributed by atoms with van der Waals surface area (Å²) in [4.78, 5) is 7.92. The molecule has 0 spiro atoms. The molecule has 3 aliphatic rings. The Bertz CT molecular complexity index is 337. The maximum atomic E-state index is 5.56. The van der Waals surface area contributed by atoms with Crippen molar-refractivity contribution in [2.75, 3.05) is 60.0 Å². The minimum absolute atomic E-state index is 0.606. The van der Waals surface area contributed by atoms with Gasteiger partial charge in [-0.2, -0.15) is 0 Å². The number of methoxy groups -OCH3 is 1. The number of hydrogen-bond donors (Lipinski definition) is 0. The maximum absolute atomic E-state index is 5.56. The van der Waals surface area contributed by atoms with Crippen molar-refractivity contribution >= 4 is 0 Å². The van der Waals surface area contributed by atoms with Gasteiger partial charge in [0.1, 0.15) is 0 Å². The number of hydrogen-bond acceptors (Lipinski definition) is 4. The highest BCUT2D eigenvalue weighted by Gasteiger charge is 2.35. The fourth-order valence-corrected chi connectivity index (χ4v) is 4.80. The van der Waals surface area contributed by atoms with Crippen molar-refractivity contribution in [3.63, 3.8) is 0 Å². The molecule has 3 fully saturated rings. The van der Waals surface area contributed by atoms with Gasteiger partial charge in [0.2, 0.25) is 0 Å². The summed E-state index contributed by atoms with van der Waals surface area (Å²) in [6.07, 6.45) is 5.63. The highest BCUT2D eigenvalue weighted by Crippen LogP contribution is 2.29. The predicted molar refractivity (Wildman–Crippen MR) is 91.2 cm³/mol. The second kappa shape index (κ2) is 7.61. The normalized spacial score (nSPS) is 36.4. The van der Waals surface area contributed by atoms with E-state index < -0.39 is 0 Å². The topological polar surface area (TPSA) is 19.0 Å². The van der Waals surface area contributed by atoms with Crippen molar-refractivity contribution in [3.05, 3.63) is 0 Å². The SMILES string of the molecule is COCC1CN(CC2CN(C)C2)CCN1C1CCC(C)CC1. The first-order valence-electron chi connectivity index (χ1n) is 9.31. The zero-order chi connectivity index (χ0) is 15.5. The van der Waals surface area contributed by atoms with Gasteiger partial charge in [-0.25, -0.2) is 0 Å². The molecule has 0 radical (unpaired) electrons. The van der Waals surface area contributed by atoms with Gasteiger partial charge in [-0.1, -0.05) is 6.92 Å². The molecule has 4 heteroatoms. The van der Waals surface area contributed by atoms with Crippen molar-refractivity contribution in [3.8, 4) is 0 Å². The van der Waals surface area contributed by atoms with Gasteiger partial charge < -0.3 is 14.5 Å². The summed E-state index contributed by atoms with van der Waals surface area (Å²) in [6.45, 7) is 10.9. The van der Waals surface area contributed by atoms with Gasteiger partial charge in [0, 0.05) is 58.5 Å². The van der Waals surface area contributed by atoms with Crippen LogP contribution in [0.1, 0.15) is 32.6 Å². The van der Waals surface area contributed by atoms with E-state index >= 15 is 0 Å². The third-order valence-electron chi connectivity index (χ3n) is 6.08. The number of piperazine rings is 1. The summed E-state index contributed by atoms with van der Waals surface area (Å²) < 4.78 is 5.56. The van der Waals surface area contributed by atoms with Gasteiger partial charge in [0.15, 0.2) is 0 Å². The van der Waals surface area contributed by atoms with Gasteiger partial charge in [-0.3, -0.25) is 4.90 Å². The fraction of sp³-hybridized carbons (Fsp3) is 1.00. The van der Waals surface area contributed by atoms with Crippen molar-refractivity contribution < 1.29 is 4.74 Å². The van der Waals surface area contributed by atoms with E-state index in [1.807, 2.05) is 7.11 Å². The monoisotopic (exact) mass is 309 g/mol. The lowest BCUT2D eigenvalue weighted by molar-refractivity contribution is -0.0237. The first-order valence-corrected chi connectivity index (χ1v) is 9.31. The van der Waals surface area contributed by atoms with Crippen LogP contribution in [0.15, 0.2) is 0 Å². The van der Waals surface area contributed by atoms with Crippen LogP contribution in [0, 0.1) is 11.8 Å². The van der Waals surface area contributed by atoms with Crippen LogP contribution in [0.3, 0.4) is 0 Å². The van der Waals surface area contributed by atoms with Crippen LogP contribution in [0.2, 0.25) is 0 Å². The molecule has 128 valence electrons. The Morgan fingerprint density at radius 3 is 2.36 bits per heavy atom. The van der Waals surface area contributed by atoms with Gasteiger partial charge in [0.05, 0.1) is 6.61 Å². The zero-order valence-electron chi connectivity index (χ0n) is 14.8. The van der Waals surface area contributed by atoms with Crippen LogP contribution in [0.4, 0.5) is 0 Å². The number of ether oxygens (including phenoxy) is 1. The molecule has 1 aliphatic carbocycles. The molecule has 0 amide bonds. The standard InChI is InChI=1S/C18H35N3O/c1-15-4-6-17(7-5-15)21-9-8-20(13-18(21)14-22-3)12-16-10-19(2)11-16/h15-18H,4-14H2,1-3H3. The average molecular weight is 309 g/mol. The van der Waals surface area contributed by atoms with E-state index in [1.165, 1.54) is 65.0 Å². The Morgan fingerprint density at radius 1 is 1.00 bits per heavy atom. The summed E-state index contributed by atoms with van der Waals surface area (Å²) in [6, 6.07) is 1.42. The van der Waals surface area contributed by atoms with E-state index in [2.05, 4.69) is 28.7 Å². The first-order chi connectivity index (χ1) is 10.7. The highest BCUT2D eigenvalue weighted by molar-refractivity contribution is 4.90. The van der Waals surface area contributed by atoms with Crippen LogP contribution >= 0.6 is 0 Å². The molecule has 2 saturated heterocycles. The van der Waals surface area contributed by atoms with E-state index in [0.29, 0.717) is 6.04 Å². The summed E-state index contributed by atoms with van der Waals surface area (Å²) in [5.41, 5.74) is 0. The van der Waals surface area contributed by atoms with Crippen molar-refractivity contribution in [2.24, 2.45) is 11.8 Å². The third-order valence-corrected chi connectivity index (χ3v) is 6.08. The molecule has 2 aliphatic heterocycles. The fourth-order valence-electron chi connectivity index (χ4n) is 4.80. The molecule has 0 aromatic carbocycles. The summed E-state index contributed by atoms with van der Waals surface area (Å²) in [7, 11) is 4.09. The Hall–Kier alpha value is -0.160. The van der Waals surface area contributed by atoms with Gasteiger partial charge in [-0.15, -0.1) is 0 Å². The van der Waals surface area contributed by atoms with Crippen molar-refractivity contribution in [1.82, 2.24) is 14.7 Å². The molecule has 22 heavy (non-hydrogen) atoms. The lowest BCUT2D eigenvalue weighted by Crippen LogP contribution is -2.60. The van der Waals surface area contributed by atoms with Gasteiger partial charge in [0.25, 0.3) is 0 Å². The molecule has 1 atom stereocenters. The minimum Gasteiger partial charge on any atom is -0.383 e. The molecule has 3 rings (SSSR count). The van der Waals surface area contributed by atoms with Crippen LogP contribution in [-0.4, -0.2) is 86.8 Å². The number of likely N-dealkylation sites (tertiary alicyclic amines) is 1. The molecule has 0 aromatic heterocycles. The molecule has 0 N–H and O–H groups in total. The summed E-state index contributed by atoms with van der Waals surface area (Å²) in [5.74, 6) is 1.84. The lowest BCUT2D eigenvalue weighted by atomic mass is 9.85. The highest BCUT2D eigenvalue weighted by atomic mass is 16.5. The molecule has 0 aromatic rings. The van der Waals surface area contributed by atoms with Crippen molar-refractivity contribution in [1.29, 1.82) is 0 Å². The van der Waals surface area contributed by atoms with Gasteiger partial charge in [-0.05, 0) is 44.6 Å². The Kier molecular flexibility index (Phi) is 5.77. The molecule has 1 unspecified atom stereocenters. The summed E-state index contributed by atoms with van der Waals surface area (Å²) >= 11 is 0. The van der Waals surface area contributed by atoms with Crippen LogP contribution in [0.5, 0.6) is 0 Å². The average Bonchev–Trinajstić information content (AvgIpc) is 2.48. The van der Waals surface area contributed by atoms with E-state index in [-0.39, 0.29) is 0 Å². The third kappa shape index (κ3) is 4.02. The minimum atomic E-state index is 0.606. The molecule has 2 heterocycles. The Labute approximate surface area is 136 Å². The first kappa shape index (κ1) is 16.7. The van der Waals surface area contributed by atoms with Crippen LogP contribution < -0.4 is 0 Å². The number of rotatable bonds is 5. The molecule has 4 nitrogen and oxygen atoms in total. The smallest absolute Gasteiger partial charge is 0.0630 e. The van der Waals surface area contributed by atoms with Crippen LogP contribution in [-0.2, 0) is 4.74 Å². The van der Waals surface area contributed by atoms with E-state index in [0.717, 1.165) is 24.5 Å². The second-order valence-electron chi connectivity index (χ2n) is 8.11. The molecule has 0 bridgehead atoms. The van der Waals surface area contributed by atoms with E-state index in [9.17, 15) is 0 Å². The summed E-state index contributed by atoms with van der Waals surface area (Å²) in [5, 5.41) is 0. The second-order valence-corrected chi connectivity index (χ2v) is 8.11. The lowest BCUT2D eigenvalue weighted by Gasteiger charge is -2.48.